The molecule has 0 atom stereocenters. The van der Waals surface area contributed by atoms with Crippen molar-refractivity contribution in [3.05, 3.63) is 11.4 Å². The lowest BCUT2D eigenvalue weighted by molar-refractivity contribution is 0.0832. The van der Waals surface area contributed by atoms with Crippen LogP contribution >= 0.6 is 0 Å². The highest BCUT2D eigenvalue weighted by atomic mass is 16.5. The van der Waals surface area contributed by atoms with Gasteiger partial charge >= 0.3 is 0 Å². The number of ether oxygens (including phenoxy) is 1. The van der Waals surface area contributed by atoms with Crippen molar-refractivity contribution in [2.24, 2.45) is 0 Å². The first kappa shape index (κ1) is 14.5. The summed E-state index contributed by atoms with van der Waals surface area (Å²) in [5, 5.41) is 11.9. The summed E-state index contributed by atoms with van der Waals surface area (Å²) in [4.78, 5) is 0. The van der Waals surface area contributed by atoms with Gasteiger partial charge in [0.25, 0.3) is 0 Å². The molecule has 0 radical (unpaired) electrons. The van der Waals surface area contributed by atoms with Crippen LogP contribution in [0.2, 0.25) is 0 Å². The van der Waals surface area contributed by atoms with Crippen molar-refractivity contribution < 1.29 is 4.74 Å². The fourth-order valence-electron chi connectivity index (χ4n) is 2.74. The summed E-state index contributed by atoms with van der Waals surface area (Å²) in [5.41, 5.74) is 2.46. The smallest absolute Gasteiger partial charge is 0.0999 e. The molecule has 2 rings (SSSR count). The number of rotatable bonds is 7. The van der Waals surface area contributed by atoms with Gasteiger partial charge in [0, 0.05) is 32.2 Å². The van der Waals surface area contributed by atoms with E-state index in [4.69, 9.17) is 4.74 Å². The molecule has 19 heavy (non-hydrogen) atoms. The summed E-state index contributed by atoms with van der Waals surface area (Å²) >= 11 is 0. The second-order valence-corrected chi connectivity index (χ2v) is 5.27. The Morgan fingerprint density at radius 1 is 1.32 bits per heavy atom. The zero-order chi connectivity index (χ0) is 13.5. The lowest BCUT2D eigenvalue weighted by atomic mass is 9.94. The molecule has 0 amide bonds. The molecule has 0 unspecified atom stereocenters. The van der Waals surface area contributed by atoms with Gasteiger partial charge in [-0.3, -0.25) is 0 Å². The van der Waals surface area contributed by atoms with Crippen molar-refractivity contribution in [3.63, 3.8) is 0 Å². The molecule has 0 aliphatic carbocycles. The predicted octanol–water partition coefficient (Wildman–Crippen LogP) is 2.08. The van der Waals surface area contributed by atoms with Gasteiger partial charge in [0.2, 0.25) is 0 Å². The highest BCUT2D eigenvalue weighted by Gasteiger charge is 2.24. The molecule has 0 saturated carbocycles. The standard InChI is InChI=1S/C14H26N4O/c1-3-4-5-8-18-14(12-6-9-19-10-7-12)13(11-15-2)16-17-18/h12,15H,3-11H2,1-2H3. The van der Waals surface area contributed by atoms with Gasteiger partial charge in [-0.15, -0.1) is 5.10 Å². The maximum Gasteiger partial charge on any atom is 0.0999 e. The Balaban J connectivity index is 2.12. The summed E-state index contributed by atoms with van der Waals surface area (Å²) in [6.45, 7) is 5.76. The zero-order valence-corrected chi connectivity index (χ0v) is 12.2. The Bertz CT molecular complexity index is 372. The topological polar surface area (TPSA) is 52.0 Å². The van der Waals surface area contributed by atoms with Crippen LogP contribution in [0.15, 0.2) is 0 Å². The Morgan fingerprint density at radius 3 is 2.79 bits per heavy atom. The highest BCUT2D eigenvalue weighted by Crippen LogP contribution is 2.28. The number of nitrogens with one attached hydrogen (secondary N) is 1. The van der Waals surface area contributed by atoms with E-state index in [1.54, 1.807) is 0 Å². The second kappa shape index (κ2) is 7.60. The first-order valence-electron chi connectivity index (χ1n) is 7.51. The van der Waals surface area contributed by atoms with Crippen LogP contribution in [0, 0.1) is 0 Å². The first-order valence-corrected chi connectivity index (χ1v) is 7.51. The monoisotopic (exact) mass is 266 g/mol. The number of aryl methyl sites for hydroxylation is 1. The third-order valence-electron chi connectivity index (χ3n) is 3.77. The number of unbranched alkanes of at least 4 members (excludes halogenated alkanes) is 2. The van der Waals surface area contributed by atoms with Gasteiger partial charge in [-0.25, -0.2) is 4.68 Å². The average Bonchev–Trinajstić information content (AvgIpc) is 2.84. The van der Waals surface area contributed by atoms with E-state index in [9.17, 15) is 0 Å². The maximum atomic E-state index is 5.47. The Labute approximate surface area is 115 Å². The maximum absolute atomic E-state index is 5.47. The number of hydrogen-bond acceptors (Lipinski definition) is 4. The normalized spacial score (nSPS) is 16.9. The summed E-state index contributed by atoms with van der Waals surface area (Å²) in [6, 6.07) is 0. The van der Waals surface area contributed by atoms with Gasteiger partial charge in [0.05, 0.1) is 11.4 Å². The lowest BCUT2D eigenvalue weighted by Crippen LogP contribution is -2.20. The molecule has 1 aliphatic rings. The van der Waals surface area contributed by atoms with Crippen molar-refractivity contribution in [1.82, 2.24) is 20.3 Å². The Morgan fingerprint density at radius 2 is 2.11 bits per heavy atom. The SMILES string of the molecule is CCCCCn1nnc(CNC)c1C1CCOCC1. The molecule has 0 bridgehead atoms. The van der Waals surface area contributed by atoms with E-state index >= 15 is 0 Å². The summed E-state index contributed by atoms with van der Waals surface area (Å²) in [7, 11) is 1.96. The van der Waals surface area contributed by atoms with Crippen molar-refractivity contribution in [2.75, 3.05) is 20.3 Å². The summed E-state index contributed by atoms with van der Waals surface area (Å²) in [6.07, 6.45) is 5.88. The average molecular weight is 266 g/mol. The lowest BCUT2D eigenvalue weighted by Gasteiger charge is -2.23. The Kier molecular flexibility index (Phi) is 5.79. The van der Waals surface area contributed by atoms with E-state index in [1.165, 1.54) is 25.0 Å². The van der Waals surface area contributed by atoms with E-state index in [2.05, 4.69) is 27.2 Å². The zero-order valence-electron chi connectivity index (χ0n) is 12.2. The number of aromatic nitrogens is 3. The van der Waals surface area contributed by atoms with Gasteiger partial charge in [0.1, 0.15) is 0 Å². The van der Waals surface area contributed by atoms with Gasteiger partial charge in [-0.1, -0.05) is 25.0 Å². The van der Waals surface area contributed by atoms with Crippen LogP contribution in [0.4, 0.5) is 0 Å². The first-order chi connectivity index (χ1) is 9.36. The van der Waals surface area contributed by atoms with Crippen molar-refractivity contribution in [2.45, 2.75) is 58.0 Å². The number of hydrogen-bond donors (Lipinski definition) is 1. The molecule has 1 aromatic rings. The second-order valence-electron chi connectivity index (χ2n) is 5.27. The third-order valence-corrected chi connectivity index (χ3v) is 3.77. The third kappa shape index (κ3) is 3.76. The molecule has 5 nitrogen and oxygen atoms in total. The van der Waals surface area contributed by atoms with Gasteiger partial charge in [0.15, 0.2) is 0 Å². The molecular weight excluding hydrogens is 240 g/mol. The number of nitrogens with zero attached hydrogens (tertiary/aromatic N) is 3. The molecule has 0 spiro atoms. The molecule has 1 saturated heterocycles. The molecule has 108 valence electrons. The van der Waals surface area contributed by atoms with E-state index < -0.39 is 0 Å². The van der Waals surface area contributed by atoms with E-state index in [0.29, 0.717) is 5.92 Å². The molecular formula is C14H26N4O. The molecule has 0 aromatic carbocycles. The van der Waals surface area contributed by atoms with Crippen LogP contribution in [-0.4, -0.2) is 35.3 Å². The summed E-state index contributed by atoms with van der Waals surface area (Å²) in [5.74, 6) is 0.564. The minimum Gasteiger partial charge on any atom is -0.381 e. The van der Waals surface area contributed by atoms with Gasteiger partial charge < -0.3 is 10.1 Å². The van der Waals surface area contributed by atoms with Crippen molar-refractivity contribution >= 4 is 0 Å². The summed E-state index contributed by atoms with van der Waals surface area (Å²) < 4.78 is 7.61. The predicted molar refractivity (Wildman–Crippen MR) is 75.1 cm³/mol. The van der Waals surface area contributed by atoms with Crippen LogP contribution < -0.4 is 5.32 Å². The van der Waals surface area contributed by atoms with E-state index in [1.807, 2.05) is 7.05 Å². The van der Waals surface area contributed by atoms with Crippen molar-refractivity contribution in [1.29, 1.82) is 0 Å². The quantitative estimate of drug-likeness (QED) is 0.768. The molecule has 1 aliphatic heterocycles. The molecule has 2 heterocycles. The van der Waals surface area contributed by atoms with Crippen LogP contribution in [0.3, 0.4) is 0 Å². The minimum atomic E-state index is 0.564. The fourth-order valence-corrected chi connectivity index (χ4v) is 2.74. The molecule has 1 fully saturated rings. The van der Waals surface area contributed by atoms with Crippen LogP contribution in [-0.2, 0) is 17.8 Å². The largest absolute Gasteiger partial charge is 0.381 e. The van der Waals surface area contributed by atoms with E-state index in [-0.39, 0.29) is 0 Å². The minimum absolute atomic E-state index is 0.564. The molecule has 5 heteroatoms. The van der Waals surface area contributed by atoms with Crippen LogP contribution in [0.25, 0.3) is 0 Å². The van der Waals surface area contributed by atoms with Gasteiger partial charge in [-0.05, 0) is 26.3 Å². The van der Waals surface area contributed by atoms with E-state index in [0.717, 1.165) is 44.8 Å². The van der Waals surface area contributed by atoms with Crippen molar-refractivity contribution in [3.8, 4) is 0 Å². The van der Waals surface area contributed by atoms with Gasteiger partial charge in [-0.2, -0.15) is 0 Å². The fraction of sp³-hybridized carbons (Fsp3) is 0.857. The molecule has 1 N–H and O–H groups in total. The van der Waals surface area contributed by atoms with Crippen LogP contribution in [0.5, 0.6) is 0 Å². The van der Waals surface area contributed by atoms with Crippen LogP contribution in [0.1, 0.15) is 56.3 Å². The molecule has 1 aromatic heterocycles. The Hall–Kier alpha value is -0.940. The highest BCUT2D eigenvalue weighted by molar-refractivity contribution is 5.16.